The van der Waals surface area contributed by atoms with Crippen LogP contribution in [0.2, 0.25) is 0 Å². The van der Waals surface area contributed by atoms with Crippen LogP contribution in [0, 0.1) is 17.8 Å². The molecular formula is C69H111ClN12O31. The first-order chi connectivity index (χ1) is 53.3. The summed E-state index contributed by atoms with van der Waals surface area (Å²) in [5, 5.41) is 89.9. The summed E-state index contributed by atoms with van der Waals surface area (Å²) >= 11 is 5.93. The van der Waals surface area contributed by atoms with Gasteiger partial charge in [0.15, 0.2) is 12.1 Å². The minimum absolute atomic E-state index is 0.0697. The van der Waals surface area contributed by atoms with Crippen molar-refractivity contribution >= 4 is 119 Å². The molecule has 0 aromatic rings. The summed E-state index contributed by atoms with van der Waals surface area (Å²) in [6, 6.07) is -18.0. The van der Waals surface area contributed by atoms with E-state index >= 15 is 0 Å². The van der Waals surface area contributed by atoms with Gasteiger partial charge in [-0.05, 0) is 52.4 Å². The number of hydrogen-bond acceptors (Lipinski definition) is 29. The molecule has 0 aromatic heterocycles. The summed E-state index contributed by atoms with van der Waals surface area (Å²) in [5.41, 5.74) is -0.915. The maximum absolute atomic E-state index is 14.8. The molecule has 0 spiro atoms. The van der Waals surface area contributed by atoms with Crippen molar-refractivity contribution in [2.45, 2.75) is 244 Å². The molecule has 1 saturated heterocycles. The van der Waals surface area contributed by atoms with Gasteiger partial charge >= 0.3 is 54.1 Å². The topological polar surface area (TPSA) is 638 Å². The number of carbonyl (C=O) groups excluding carboxylic acids is 16. The highest BCUT2D eigenvalue weighted by Crippen LogP contribution is 2.15. The molecule has 1 rings (SSSR count). The third kappa shape index (κ3) is 41.7. The lowest BCUT2D eigenvalue weighted by Crippen LogP contribution is -2.62. The number of carboxylic acids is 2. The Morgan fingerprint density at radius 3 is 1.39 bits per heavy atom. The third-order valence-electron chi connectivity index (χ3n) is 16.3. The standard InChI is InChI=1S/C69H111ClN12O31/c1-10-12-13-14-15-16-17-18-19-22-40(84)29-48(86)74-46-32-107-66(103)51(47(85)31-70)81-61(97)52(53(89)62(98)99)82-54(90)41(11-2)75-60(96)50(39(9)83)80-57(93)44(25-28-73-69(106)113-35-110-65(102)38(7)8)77-55(91)42(23-20-21-26-71-67(104)111-33-108-63(100)36(3)4)76-58(94)45(30-49(87)88)79-56(92)43(78-59(46)95)24-27-72-68(105)112-34-109-64(101)37(5)6/h11,36-40,42-47,50-53,83-85,89H,10,12-35H2,1-9H3,(H,71,104)(H,72,105)(H,73,106)(H,74,86)(H,75,96)(H,76,94)(H,77,91)(H,78,95)(H,79,92)(H,80,93)(H,81,97)(H,82,90)(H,87,88)(H,98,99)/b41-11-/t39-,40+,42+,43-,44+,45+,46+,47-,50+,51+,52+,53+/m1/s1. The van der Waals surface area contributed by atoms with Crippen LogP contribution in [0.1, 0.15) is 171 Å². The van der Waals surface area contributed by atoms with Gasteiger partial charge in [-0.3, -0.25) is 62.3 Å². The van der Waals surface area contributed by atoms with Crippen LogP contribution in [0.15, 0.2) is 11.8 Å². The summed E-state index contributed by atoms with van der Waals surface area (Å²) in [7, 11) is 0. The number of carbonyl (C=O) groups is 18. The van der Waals surface area contributed by atoms with E-state index in [1.165, 1.54) is 41.5 Å². The molecule has 0 bridgehead atoms. The first-order valence-corrected chi connectivity index (χ1v) is 37.3. The Labute approximate surface area is 656 Å². The van der Waals surface area contributed by atoms with E-state index in [-0.39, 0.29) is 25.8 Å². The zero-order valence-corrected chi connectivity index (χ0v) is 65.4. The van der Waals surface area contributed by atoms with Gasteiger partial charge in [-0.15, -0.1) is 11.6 Å². The van der Waals surface area contributed by atoms with Crippen LogP contribution in [0.25, 0.3) is 0 Å². The zero-order chi connectivity index (χ0) is 85.4. The van der Waals surface area contributed by atoms with Gasteiger partial charge in [0.2, 0.25) is 67.6 Å². The molecule has 1 fully saturated rings. The second-order valence-corrected chi connectivity index (χ2v) is 27.1. The van der Waals surface area contributed by atoms with Crippen molar-refractivity contribution in [3.63, 3.8) is 0 Å². The van der Waals surface area contributed by atoms with Crippen LogP contribution in [0.5, 0.6) is 0 Å². The Hall–Kier alpha value is -10.3. The molecule has 1 aliphatic rings. The number of ether oxygens (including phenoxy) is 7. The average Bonchev–Trinajstić information content (AvgIpc) is 0.841. The number of nitrogens with one attached hydrogen (secondary N) is 12. The minimum Gasteiger partial charge on any atom is -0.481 e. The maximum atomic E-state index is 14.8. The van der Waals surface area contributed by atoms with Gasteiger partial charge in [0.25, 0.3) is 5.91 Å². The molecule has 0 unspecified atom stereocenters. The molecule has 640 valence electrons. The van der Waals surface area contributed by atoms with E-state index in [1.807, 2.05) is 16.0 Å². The Balaban J connectivity index is 4.42. The molecule has 12 amide bonds. The number of allylic oxidation sites excluding steroid dienone is 1. The van der Waals surface area contributed by atoms with E-state index in [1.54, 1.807) is 0 Å². The van der Waals surface area contributed by atoms with E-state index in [0.29, 0.717) is 12.8 Å². The summed E-state index contributed by atoms with van der Waals surface area (Å²) in [4.78, 5) is 243. The highest BCUT2D eigenvalue weighted by Gasteiger charge is 2.41. The van der Waals surface area contributed by atoms with Crippen LogP contribution in [-0.2, 0) is 105 Å². The Morgan fingerprint density at radius 1 is 0.504 bits per heavy atom. The minimum atomic E-state index is -2.96. The number of amides is 12. The number of carboxylic acid groups (broad SMARTS) is 2. The number of hydrogen-bond donors (Lipinski definition) is 18. The fourth-order valence-electron chi connectivity index (χ4n) is 9.78. The van der Waals surface area contributed by atoms with Gasteiger partial charge in [0, 0.05) is 19.6 Å². The lowest BCUT2D eigenvalue weighted by Gasteiger charge is -2.29. The van der Waals surface area contributed by atoms with Crippen molar-refractivity contribution in [3.8, 4) is 0 Å². The molecule has 44 heteroatoms. The van der Waals surface area contributed by atoms with Gasteiger partial charge in [-0.2, -0.15) is 0 Å². The second-order valence-electron chi connectivity index (χ2n) is 26.8. The fraction of sp³-hybridized carbons (Fsp3) is 0.710. The number of esters is 4. The van der Waals surface area contributed by atoms with Crippen molar-refractivity contribution in [1.29, 1.82) is 0 Å². The van der Waals surface area contributed by atoms with E-state index in [9.17, 15) is 117 Å². The monoisotopic (exact) mass is 1640 g/mol. The van der Waals surface area contributed by atoms with E-state index in [4.69, 9.17) is 44.8 Å². The molecular weight excluding hydrogens is 1530 g/mol. The summed E-state index contributed by atoms with van der Waals surface area (Å²) in [5.74, 6) is -24.2. The highest BCUT2D eigenvalue weighted by atomic mass is 35.5. The first kappa shape index (κ1) is 101. The van der Waals surface area contributed by atoms with E-state index in [2.05, 4.69) is 54.8 Å². The number of alkyl carbamates (subject to hydrolysis) is 3. The van der Waals surface area contributed by atoms with Crippen LogP contribution in [0.3, 0.4) is 0 Å². The molecule has 43 nitrogen and oxygen atoms in total. The lowest BCUT2D eigenvalue weighted by atomic mass is 10.0. The summed E-state index contributed by atoms with van der Waals surface area (Å²) in [6.07, 6.45) is -7.61. The Bertz CT molecular complexity index is 3220. The highest BCUT2D eigenvalue weighted by molar-refractivity contribution is 6.18. The Morgan fingerprint density at radius 2 is 0.938 bits per heavy atom. The van der Waals surface area contributed by atoms with Crippen LogP contribution >= 0.6 is 11.6 Å². The van der Waals surface area contributed by atoms with E-state index < -0.39 is 282 Å². The third-order valence-corrected chi connectivity index (χ3v) is 16.6. The zero-order valence-electron chi connectivity index (χ0n) is 64.7. The van der Waals surface area contributed by atoms with Gasteiger partial charge in [-0.25, -0.2) is 24.0 Å². The summed E-state index contributed by atoms with van der Waals surface area (Å²) < 4.78 is 34.4. The lowest BCUT2D eigenvalue weighted by molar-refractivity contribution is -0.156. The van der Waals surface area contributed by atoms with Crippen molar-refractivity contribution < 1.29 is 150 Å². The second kappa shape index (κ2) is 55.2. The van der Waals surface area contributed by atoms with Crippen LogP contribution < -0.4 is 63.8 Å². The first-order valence-electron chi connectivity index (χ1n) is 36.8. The van der Waals surface area contributed by atoms with Crippen molar-refractivity contribution in [2.75, 3.05) is 52.5 Å². The molecule has 1 aliphatic heterocycles. The fourth-order valence-corrected chi connectivity index (χ4v) is 9.96. The summed E-state index contributed by atoms with van der Waals surface area (Å²) in [6.45, 7) is 7.45. The molecule has 12 atom stereocenters. The molecule has 113 heavy (non-hydrogen) atoms. The SMILES string of the molecule is C/C=C1\NC(=O)[C@H]([C@@H](C)O)NC(=O)[C@H](CCNC(=O)OCOC(=O)C(C)C)NC(=O)[C@H](CCCCNC(=O)OCOC(=O)C(C)C)NC(=O)[C@H](CC(=O)O)NC(=O)[C@@H](CCNC(=O)OCOC(=O)C(C)C)NC(=O)[C@@H](NC(=O)C[C@@H](O)CCCCCCCCCCC)COC(=O)[C@H]([C@H](O)CCl)NC(=O)[C@H]([C@H](O)C(=O)O)NC1=O. The number of halogens is 1. The number of rotatable bonds is 40. The van der Waals surface area contributed by atoms with Crippen molar-refractivity contribution in [2.24, 2.45) is 17.8 Å². The largest absolute Gasteiger partial charge is 0.481 e. The van der Waals surface area contributed by atoms with Gasteiger partial charge < -0.3 is 128 Å². The van der Waals surface area contributed by atoms with Crippen molar-refractivity contribution in [3.05, 3.63) is 11.8 Å². The number of cyclic esters (lactones) is 1. The van der Waals surface area contributed by atoms with Gasteiger partial charge in [0.05, 0.1) is 54.8 Å². The number of aliphatic carboxylic acids is 2. The molecule has 0 saturated carbocycles. The number of aliphatic hydroxyl groups excluding tert-OH is 4. The maximum Gasteiger partial charge on any atom is 0.410 e. The average molecular weight is 1640 g/mol. The van der Waals surface area contributed by atoms with Crippen molar-refractivity contribution in [1.82, 2.24) is 63.8 Å². The molecule has 0 radical (unpaired) electrons. The van der Waals surface area contributed by atoms with Gasteiger partial charge in [0.1, 0.15) is 54.6 Å². The molecule has 1 heterocycles. The smallest absolute Gasteiger partial charge is 0.410 e. The van der Waals surface area contributed by atoms with Crippen LogP contribution in [0.4, 0.5) is 14.4 Å². The molecule has 0 aromatic carbocycles. The number of aliphatic hydroxyl groups is 4. The normalized spacial score (nSPS) is 20.8. The van der Waals surface area contributed by atoms with E-state index in [0.717, 1.165) is 64.9 Å². The predicted octanol–water partition coefficient (Wildman–Crippen LogP) is -2.39. The number of alkyl halides is 1. The Kier molecular flexibility index (Phi) is 49.2. The predicted molar refractivity (Wildman–Crippen MR) is 389 cm³/mol. The van der Waals surface area contributed by atoms with Crippen LogP contribution in [-0.4, -0.2) is 263 Å². The molecule has 0 aliphatic carbocycles. The van der Waals surface area contributed by atoms with Gasteiger partial charge in [-0.1, -0.05) is 112 Å². The molecule has 18 N–H and O–H groups in total. The number of unbranched alkanes of at least 4 members (excludes halogenated alkanes) is 9. The quantitative estimate of drug-likeness (QED) is 0.00760.